The summed E-state index contributed by atoms with van der Waals surface area (Å²) in [6, 6.07) is 8.03. The summed E-state index contributed by atoms with van der Waals surface area (Å²) in [5.41, 5.74) is 3.50. The molecule has 0 amide bonds. The predicted octanol–water partition coefficient (Wildman–Crippen LogP) is 2.34. The van der Waals surface area contributed by atoms with Gasteiger partial charge in [-0.05, 0) is 19.9 Å². The van der Waals surface area contributed by atoms with E-state index in [1.165, 1.54) is 0 Å². The average molecular weight is 227 g/mol. The second-order valence-electron chi connectivity index (χ2n) is 4.30. The Hall–Kier alpha value is -2.10. The standard InChI is InChI=1S/C13H13N3O/c1-8-12(9(2)17)13-10-6-4-5-7-11(10)15(3)16(13)14-8/h4-7H,1-3H3. The molecule has 4 heteroatoms. The summed E-state index contributed by atoms with van der Waals surface area (Å²) in [6.45, 7) is 3.46. The summed E-state index contributed by atoms with van der Waals surface area (Å²) in [5, 5.41) is 5.50. The first-order valence-corrected chi connectivity index (χ1v) is 5.55. The van der Waals surface area contributed by atoms with Gasteiger partial charge in [0.1, 0.15) is 5.52 Å². The highest BCUT2D eigenvalue weighted by atomic mass is 16.1. The lowest BCUT2D eigenvalue weighted by atomic mass is 10.1. The van der Waals surface area contributed by atoms with E-state index in [1.54, 1.807) is 11.6 Å². The zero-order chi connectivity index (χ0) is 12.2. The third kappa shape index (κ3) is 1.18. The van der Waals surface area contributed by atoms with Crippen molar-refractivity contribution in [1.82, 2.24) is 14.4 Å². The van der Waals surface area contributed by atoms with E-state index in [4.69, 9.17) is 0 Å². The van der Waals surface area contributed by atoms with Gasteiger partial charge in [-0.25, -0.2) is 0 Å². The summed E-state index contributed by atoms with van der Waals surface area (Å²) < 4.78 is 3.76. The van der Waals surface area contributed by atoms with Gasteiger partial charge in [-0.2, -0.15) is 9.73 Å². The molecule has 3 rings (SSSR count). The number of para-hydroxylation sites is 1. The highest BCUT2D eigenvalue weighted by molar-refractivity contribution is 6.10. The molecule has 3 aromatic rings. The van der Waals surface area contributed by atoms with E-state index in [9.17, 15) is 4.79 Å². The third-order valence-corrected chi connectivity index (χ3v) is 3.19. The second kappa shape index (κ2) is 3.20. The fourth-order valence-corrected chi connectivity index (χ4v) is 2.45. The van der Waals surface area contributed by atoms with Gasteiger partial charge in [0, 0.05) is 12.4 Å². The number of hydrogen-bond acceptors (Lipinski definition) is 2. The molecule has 0 bridgehead atoms. The van der Waals surface area contributed by atoms with Crippen LogP contribution in [0.4, 0.5) is 0 Å². The number of carbonyl (C=O) groups is 1. The van der Waals surface area contributed by atoms with Crippen LogP contribution in [0.3, 0.4) is 0 Å². The van der Waals surface area contributed by atoms with Crippen molar-refractivity contribution in [3.05, 3.63) is 35.5 Å². The van der Waals surface area contributed by atoms with Crippen molar-refractivity contribution in [2.45, 2.75) is 13.8 Å². The largest absolute Gasteiger partial charge is 0.294 e. The maximum atomic E-state index is 11.7. The lowest BCUT2D eigenvalue weighted by Gasteiger charge is -1.95. The van der Waals surface area contributed by atoms with Crippen molar-refractivity contribution in [3.63, 3.8) is 0 Å². The van der Waals surface area contributed by atoms with Gasteiger partial charge in [-0.15, -0.1) is 0 Å². The van der Waals surface area contributed by atoms with E-state index in [0.29, 0.717) is 0 Å². The maximum absolute atomic E-state index is 11.7. The molecule has 0 spiro atoms. The fraction of sp³-hybridized carbons (Fsp3) is 0.231. The van der Waals surface area contributed by atoms with Crippen LogP contribution >= 0.6 is 0 Å². The van der Waals surface area contributed by atoms with Gasteiger partial charge in [0.05, 0.1) is 16.8 Å². The number of hydrogen-bond donors (Lipinski definition) is 0. The van der Waals surface area contributed by atoms with Crippen LogP contribution in [-0.2, 0) is 7.05 Å². The van der Waals surface area contributed by atoms with Gasteiger partial charge in [-0.1, -0.05) is 18.2 Å². The normalized spacial score (nSPS) is 11.5. The lowest BCUT2D eigenvalue weighted by molar-refractivity contribution is 0.101. The monoisotopic (exact) mass is 227 g/mol. The van der Waals surface area contributed by atoms with E-state index in [0.717, 1.165) is 27.7 Å². The van der Waals surface area contributed by atoms with Crippen LogP contribution in [0.2, 0.25) is 0 Å². The van der Waals surface area contributed by atoms with Crippen molar-refractivity contribution < 1.29 is 4.79 Å². The first kappa shape index (κ1) is 10.1. The zero-order valence-electron chi connectivity index (χ0n) is 10.1. The molecule has 0 fully saturated rings. The Morgan fingerprint density at radius 3 is 2.71 bits per heavy atom. The van der Waals surface area contributed by atoms with Crippen molar-refractivity contribution in [2.24, 2.45) is 7.05 Å². The summed E-state index contributed by atoms with van der Waals surface area (Å²) >= 11 is 0. The Labute approximate surface area is 98.4 Å². The second-order valence-corrected chi connectivity index (χ2v) is 4.30. The Balaban J connectivity index is 2.62. The van der Waals surface area contributed by atoms with Crippen LogP contribution < -0.4 is 0 Å². The van der Waals surface area contributed by atoms with Crippen LogP contribution in [0.15, 0.2) is 24.3 Å². The molecule has 0 aliphatic heterocycles. The van der Waals surface area contributed by atoms with Gasteiger partial charge in [-0.3, -0.25) is 9.48 Å². The fourth-order valence-electron chi connectivity index (χ4n) is 2.45. The first-order valence-electron chi connectivity index (χ1n) is 5.55. The Morgan fingerprint density at radius 2 is 2.00 bits per heavy atom. The predicted molar refractivity (Wildman–Crippen MR) is 66.4 cm³/mol. The van der Waals surface area contributed by atoms with Gasteiger partial charge >= 0.3 is 0 Å². The van der Waals surface area contributed by atoms with Crippen LogP contribution in [0, 0.1) is 6.92 Å². The minimum Gasteiger partial charge on any atom is -0.294 e. The van der Waals surface area contributed by atoms with Crippen LogP contribution in [0.25, 0.3) is 16.4 Å². The van der Waals surface area contributed by atoms with Gasteiger partial charge in [0.2, 0.25) is 0 Å². The van der Waals surface area contributed by atoms with Gasteiger partial charge in [0.25, 0.3) is 0 Å². The molecule has 0 unspecified atom stereocenters. The molecule has 0 N–H and O–H groups in total. The van der Waals surface area contributed by atoms with Crippen molar-refractivity contribution >= 4 is 22.2 Å². The molecule has 0 saturated heterocycles. The first-order chi connectivity index (χ1) is 8.11. The molecule has 2 heterocycles. The Kier molecular flexibility index (Phi) is 1.90. The number of benzene rings is 1. The Morgan fingerprint density at radius 1 is 1.29 bits per heavy atom. The topological polar surface area (TPSA) is 39.3 Å². The number of carbonyl (C=O) groups excluding carboxylic acids is 1. The quantitative estimate of drug-likeness (QED) is 0.598. The van der Waals surface area contributed by atoms with E-state index < -0.39 is 0 Å². The number of fused-ring (bicyclic) bond motifs is 3. The van der Waals surface area contributed by atoms with Crippen LogP contribution in [0.5, 0.6) is 0 Å². The average Bonchev–Trinajstić information content (AvgIpc) is 2.76. The van der Waals surface area contributed by atoms with E-state index >= 15 is 0 Å². The van der Waals surface area contributed by atoms with Crippen LogP contribution in [-0.4, -0.2) is 20.2 Å². The van der Waals surface area contributed by atoms with Crippen molar-refractivity contribution in [2.75, 3.05) is 0 Å². The molecular formula is C13H13N3O. The number of rotatable bonds is 1. The third-order valence-electron chi connectivity index (χ3n) is 3.19. The van der Waals surface area contributed by atoms with Gasteiger partial charge in [0.15, 0.2) is 5.78 Å². The number of ketones is 1. The molecule has 1 aromatic carbocycles. The molecule has 0 atom stereocenters. The molecule has 86 valence electrons. The summed E-state index contributed by atoms with van der Waals surface area (Å²) in [7, 11) is 1.95. The smallest absolute Gasteiger partial charge is 0.163 e. The molecule has 2 aromatic heterocycles. The summed E-state index contributed by atoms with van der Waals surface area (Å²) in [5.74, 6) is 0.0638. The Bertz CT molecular complexity index is 749. The van der Waals surface area contributed by atoms with Crippen molar-refractivity contribution in [3.8, 4) is 0 Å². The summed E-state index contributed by atoms with van der Waals surface area (Å²) in [6.07, 6.45) is 0. The van der Waals surface area contributed by atoms with E-state index in [1.807, 2.05) is 42.9 Å². The SMILES string of the molecule is CC(=O)c1c(C)nn2c1c1ccccc1n2C. The lowest BCUT2D eigenvalue weighted by Crippen LogP contribution is -2.00. The molecular weight excluding hydrogens is 214 g/mol. The maximum Gasteiger partial charge on any atom is 0.163 e. The zero-order valence-corrected chi connectivity index (χ0v) is 10.1. The molecule has 0 aliphatic carbocycles. The highest BCUT2D eigenvalue weighted by Crippen LogP contribution is 2.26. The van der Waals surface area contributed by atoms with Crippen LogP contribution in [0.1, 0.15) is 23.0 Å². The molecule has 0 aliphatic rings. The minimum atomic E-state index is 0.0638. The number of aromatic nitrogens is 3. The molecule has 4 nitrogen and oxygen atoms in total. The number of aryl methyl sites for hydroxylation is 2. The highest BCUT2D eigenvalue weighted by Gasteiger charge is 2.19. The number of Topliss-reactive ketones (excluding diaryl/α,β-unsaturated/α-hetero) is 1. The van der Waals surface area contributed by atoms with E-state index in [2.05, 4.69) is 5.10 Å². The molecule has 0 saturated carbocycles. The van der Waals surface area contributed by atoms with Crippen molar-refractivity contribution in [1.29, 1.82) is 0 Å². The molecule has 0 radical (unpaired) electrons. The summed E-state index contributed by atoms with van der Waals surface area (Å²) in [4.78, 5) is 11.7. The van der Waals surface area contributed by atoms with E-state index in [-0.39, 0.29) is 5.78 Å². The van der Waals surface area contributed by atoms with Gasteiger partial charge < -0.3 is 0 Å². The minimum absolute atomic E-state index is 0.0638. The molecule has 17 heavy (non-hydrogen) atoms. The number of nitrogens with zero attached hydrogens (tertiary/aromatic N) is 3.